The summed E-state index contributed by atoms with van der Waals surface area (Å²) in [6.45, 7) is 1.26. The lowest BCUT2D eigenvalue weighted by Gasteiger charge is -2.41. The van der Waals surface area contributed by atoms with Crippen LogP contribution in [0, 0.1) is 0 Å². The van der Waals surface area contributed by atoms with Crippen molar-refractivity contribution >= 4 is 23.6 Å². The van der Waals surface area contributed by atoms with Crippen molar-refractivity contribution in [2.45, 2.75) is 35.2 Å². The molecule has 7 heteroatoms. The molecule has 23 heavy (non-hydrogen) atoms. The van der Waals surface area contributed by atoms with Crippen LogP contribution in [0.2, 0.25) is 0 Å². The van der Waals surface area contributed by atoms with Crippen LogP contribution >= 0.6 is 11.8 Å². The van der Waals surface area contributed by atoms with E-state index in [2.05, 4.69) is 0 Å². The number of ether oxygens (including phenoxy) is 2. The summed E-state index contributed by atoms with van der Waals surface area (Å²) in [6, 6.07) is 8.38. The molecule has 4 atom stereocenters. The number of thioether (sulfide) groups is 1. The number of amides is 1. The molecular formula is C16H18N2O4S. The molecule has 3 aliphatic heterocycles. The maximum absolute atomic E-state index is 12.7. The Kier molecular flexibility index (Phi) is 3.59. The number of β-lactam (4-membered cyclic amide) rings is 1. The van der Waals surface area contributed by atoms with E-state index in [1.54, 1.807) is 16.7 Å². The van der Waals surface area contributed by atoms with Crippen molar-refractivity contribution in [2.75, 3.05) is 13.2 Å². The van der Waals surface area contributed by atoms with Crippen LogP contribution in [0.25, 0.3) is 0 Å². The van der Waals surface area contributed by atoms with Crippen LogP contribution in [0.4, 0.5) is 0 Å². The van der Waals surface area contributed by atoms with Crippen molar-refractivity contribution in [1.82, 2.24) is 4.90 Å². The van der Waals surface area contributed by atoms with Gasteiger partial charge in [-0.15, -0.1) is 11.8 Å². The Labute approximate surface area is 138 Å². The Hall–Kier alpha value is -1.57. The molecule has 3 saturated heterocycles. The summed E-state index contributed by atoms with van der Waals surface area (Å²) in [5.74, 6) is -0.539. The summed E-state index contributed by atoms with van der Waals surface area (Å²) in [5, 5.41) is -0.140. The number of benzene rings is 1. The Morgan fingerprint density at radius 3 is 2.91 bits per heavy atom. The van der Waals surface area contributed by atoms with Crippen LogP contribution in [0.3, 0.4) is 0 Å². The molecule has 1 aromatic rings. The molecule has 2 N–H and O–H groups in total. The van der Waals surface area contributed by atoms with Crippen LogP contribution in [0.5, 0.6) is 0 Å². The van der Waals surface area contributed by atoms with Gasteiger partial charge in [0.1, 0.15) is 24.1 Å². The predicted molar refractivity (Wildman–Crippen MR) is 84.4 cm³/mol. The molecule has 1 amide bonds. The third kappa shape index (κ3) is 2.26. The molecule has 0 aliphatic carbocycles. The monoisotopic (exact) mass is 334 g/mol. The average molecular weight is 334 g/mol. The summed E-state index contributed by atoms with van der Waals surface area (Å²) < 4.78 is 10.6. The van der Waals surface area contributed by atoms with E-state index in [0.717, 1.165) is 12.0 Å². The Morgan fingerprint density at radius 2 is 2.22 bits per heavy atom. The number of nitrogens with two attached hydrogens (primary N) is 1. The van der Waals surface area contributed by atoms with Gasteiger partial charge in [-0.2, -0.15) is 0 Å². The average Bonchev–Trinajstić information content (AvgIpc) is 3.17. The molecule has 0 bridgehead atoms. The number of hydrogen-bond donors (Lipinski definition) is 1. The zero-order valence-corrected chi connectivity index (χ0v) is 13.3. The number of esters is 1. The number of hydrogen-bond acceptors (Lipinski definition) is 6. The molecule has 122 valence electrons. The molecule has 6 nitrogen and oxygen atoms in total. The lowest BCUT2D eigenvalue weighted by molar-refractivity contribution is -0.164. The maximum Gasteiger partial charge on any atom is 0.330 e. The van der Waals surface area contributed by atoms with Gasteiger partial charge >= 0.3 is 5.97 Å². The number of fused-ring (bicyclic) bond motifs is 1. The first kappa shape index (κ1) is 15.0. The quantitative estimate of drug-likeness (QED) is 0.640. The van der Waals surface area contributed by atoms with Gasteiger partial charge in [0, 0.05) is 6.61 Å². The Morgan fingerprint density at radius 1 is 1.43 bits per heavy atom. The second kappa shape index (κ2) is 5.51. The largest absolute Gasteiger partial charge is 0.459 e. The van der Waals surface area contributed by atoms with Gasteiger partial charge < -0.3 is 20.1 Å². The molecule has 1 aromatic carbocycles. The molecule has 3 aliphatic rings. The van der Waals surface area contributed by atoms with Gasteiger partial charge in [-0.25, -0.2) is 4.79 Å². The van der Waals surface area contributed by atoms with Crippen LogP contribution in [0.15, 0.2) is 30.3 Å². The van der Waals surface area contributed by atoms with Gasteiger partial charge in [-0.05, 0) is 12.0 Å². The molecule has 1 spiro atoms. The summed E-state index contributed by atoms with van der Waals surface area (Å²) in [6.07, 6.45) is 0.732. The van der Waals surface area contributed by atoms with E-state index >= 15 is 0 Å². The molecule has 3 unspecified atom stereocenters. The normalized spacial score (nSPS) is 35.3. The molecule has 0 radical (unpaired) electrons. The lowest BCUT2D eigenvalue weighted by Crippen LogP contribution is -2.69. The standard InChI is InChI=1S/C16H18N2O4S/c17-11-13(19)18-12(16(23-14(11)18)6-7-21-9-16)15(20)22-8-10-4-2-1-3-5-10/h1-5,11-12,14H,6-9,17H2/t11?,12?,14-,16?/m0/s1. The summed E-state index contributed by atoms with van der Waals surface area (Å²) in [4.78, 5) is 26.4. The second-order valence-electron chi connectivity index (χ2n) is 6.14. The van der Waals surface area contributed by atoms with Gasteiger partial charge in [0.25, 0.3) is 0 Å². The number of carbonyl (C=O) groups excluding carboxylic acids is 2. The summed E-state index contributed by atoms with van der Waals surface area (Å²) in [5.41, 5.74) is 6.80. The van der Waals surface area contributed by atoms with Gasteiger partial charge in [0.2, 0.25) is 5.91 Å². The molecule has 0 saturated carbocycles. The van der Waals surface area contributed by atoms with Crippen molar-refractivity contribution in [2.24, 2.45) is 5.73 Å². The van der Waals surface area contributed by atoms with Crippen LogP contribution < -0.4 is 5.73 Å². The topological polar surface area (TPSA) is 81.9 Å². The first-order chi connectivity index (χ1) is 11.1. The van der Waals surface area contributed by atoms with Crippen molar-refractivity contribution in [1.29, 1.82) is 0 Å². The summed E-state index contributed by atoms with van der Waals surface area (Å²) in [7, 11) is 0. The van der Waals surface area contributed by atoms with Crippen molar-refractivity contribution in [3.8, 4) is 0 Å². The molecule has 3 fully saturated rings. The fourth-order valence-corrected chi connectivity index (χ4v) is 5.25. The van der Waals surface area contributed by atoms with E-state index in [0.29, 0.717) is 13.2 Å². The lowest BCUT2D eigenvalue weighted by atomic mass is 9.93. The third-order valence-electron chi connectivity index (χ3n) is 4.72. The molecule has 0 aromatic heterocycles. The fraction of sp³-hybridized carbons (Fsp3) is 0.500. The van der Waals surface area contributed by atoms with E-state index in [-0.39, 0.29) is 23.9 Å². The molecule has 4 rings (SSSR count). The van der Waals surface area contributed by atoms with Gasteiger partial charge in [-0.1, -0.05) is 30.3 Å². The van der Waals surface area contributed by atoms with Crippen LogP contribution in [-0.2, 0) is 25.7 Å². The first-order valence-corrected chi connectivity index (χ1v) is 8.54. The summed E-state index contributed by atoms with van der Waals surface area (Å²) >= 11 is 1.59. The van der Waals surface area contributed by atoms with E-state index in [1.165, 1.54) is 0 Å². The zero-order valence-electron chi connectivity index (χ0n) is 12.5. The minimum absolute atomic E-state index is 0.140. The highest BCUT2D eigenvalue weighted by atomic mass is 32.2. The van der Waals surface area contributed by atoms with Gasteiger partial charge in [0.15, 0.2) is 0 Å². The minimum Gasteiger partial charge on any atom is -0.459 e. The first-order valence-electron chi connectivity index (χ1n) is 7.66. The van der Waals surface area contributed by atoms with Crippen LogP contribution in [0.1, 0.15) is 12.0 Å². The van der Waals surface area contributed by atoms with Crippen molar-refractivity contribution in [3.05, 3.63) is 35.9 Å². The number of carbonyl (C=O) groups is 2. The highest BCUT2D eigenvalue weighted by molar-refractivity contribution is 8.01. The van der Waals surface area contributed by atoms with Crippen molar-refractivity contribution < 1.29 is 19.1 Å². The molecular weight excluding hydrogens is 316 g/mol. The van der Waals surface area contributed by atoms with E-state index in [4.69, 9.17) is 15.2 Å². The highest BCUT2D eigenvalue weighted by Gasteiger charge is 2.67. The minimum atomic E-state index is -0.601. The predicted octanol–water partition coefficient (Wildman–Crippen LogP) is 0.500. The van der Waals surface area contributed by atoms with E-state index in [9.17, 15) is 9.59 Å². The SMILES string of the molecule is NC1C(=O)N2C(C(=O)OCc3ccccc3)C3(CCOC3)S[C@@H]12. The zero-order chi connectivity index (χ0) is 16.0. The van der Waals surface area contributed by atoms with Crippen LogP contribution in [-0.4, -0.2) is 52.2 Å². The fourth-order valence-electron chi connectivity index (χ4n) is 3.48. The highest BCUT2D eigenvalue weighted by Crippen LogP contribution is 2.54. The maximum atomic E-state index is 12.7. The Bertz CT molecular complexity index is 632. The second-order valence-corrected chi connectivity index (χ2v) is 7.67. The van der Waals surface area contributed by atoms with Gasteiger partial charge in [0.05, 0.1) is 11.4 Å². The van der Waals surface area contributed by atoms with E-state index in [1.807, 2.05) is 30.3 Å². The van der Waals surface area contributed by atoms with Gasteiger partial charge in [-0.3, -0.25) is 4.79 Å². The van der Waals surface area contributed by atoms with E-state index < -0.39 is 16.8 Å². The smallest absolute Gasteiger partial charge is 0.330 e. The number of nitrogens with zero attached hydrogens (tertiary/aromatic N) is 1. The third-order valence-corrected chi connectivity index (χ3v) is 6.49. The Balaban J connectivity index is 1.53. The molecule has 3 heterocycles. The number of rotatable bonds is 3. The van der Waals surface area contributed by atoms with Crippen molar-refractivity contribution in [3.63, 3.8) is 0 Å².